The smallest absolute Gasteiger partial charge is 0.272 e. The number of carbonyl (C=O) groups is 2. The van der Waals surface area contributed by atoms with E-state index in [1.165, 1.54) is 21.9 Å². The van der Waals surface area contributed by atoms with E-state index in [4.69, 9.17) is 0 Å². The molecule has 8 heteroatoms. The van der Waals surface area contributed by atoms with Gasteiger partial charge in [-0.15, -0.1) is 0 Å². The summed E-state index contributed by atoms with van der Waals surface area (Å²) in [6.07, 6.45) is 5.01. The number of pyridine rings is 1. The molecule has 1 saturated heterocycles. The third kappa shape index (κ3) is 3.41. The highest BCUT2D eigenvalue weighted by Gasteiger charge is 2.29. The average Bonchev–Trinajstić information content (AvgIpc) is 3.22. The lowest BCUT2D eigenvalue weighted by Crippen LogP contribution is -2.52. The van der Waals surface area contributed by atoms with Crippen LogP contribution >= 0.6 is 0 Å². The van der Waals surface area contributed by atoms with E-state index in [2.05, 4.69) is 15.2 Å². The largest absolute Gasteiger partial charge is 0.326 e. The number of piperazine rings is 1. The molecule has 0 bridgehead atoms. The topological polar surface area (TPSA) is 82.2 Å². The Kier molecular flexibility index (Phi) is 4.37. The molecule has 1 aliphatic heterocycles. The zero-order chi connectivity index (χ0) is 18.8. The van der Waals surface area contributed by atoms with Crippen LogP contribution in [-0.2, 0) is 4.79 Å². The molecule has 0 spiro atoms. The van der Waals surface area contributed by atoms with E-state index in [1.807, 2.05) is 0 Å². The van der Waals surface area contributed by atoms with Crippen molar-refractivity contribution in [3.8, 4) is 11.1 Å². The minimum Gasteiger partial charge on any atom is -0.326 e. The van der Waals surface area contributed by atoms with Crippen LogP contribution in [0, 0.1) is 5.82 Å². The van der Waals surface area contributed by atoms with Crippen molar-refractivity contribution in [3.63, 3.8) is 0 Å². The predicted octanol–water partition coefficient (Wildman–Crippen LogP) is 2.10. The van der Waals surface area contributed by atoms with E-state index in [-0.39, 0.29) is 24.1 Å². The lowest BCUT2D eigenvalue weighted by molar-refractivity contribution is -0.120. The number of rotatable bonds is 3. The fourth-order valence-corrected chi connectivity index (χ4v) is 3.03. The van der Waals surface area contributed by atoms with Crippen LogP contribution in [0.1, 0.15) is 10.5 Å². The van der Waals surface area contributed by atoms with Crippen LogP contribution < -0.4 is 4.90 Å². The first kappa shape index (κ1) is 16.9. The van der Waals surface area contributed by atoms with Crippen LogP contribution in [0.25, 0.3) is 11.1 Å². The maximum absolute atomic E-state index is 13.4. The molecule has 2 amide bonds. The van der Waals surface area contributed by atoms with Gasteiger partial charge in [-0.05, 0) is 24.3 Å². The maximum atomic E-state index is 13.4. The standard InChI is InChI=1S/C19H16FN5O2/c20-15-2-1-3-16(8-15)25-7-6-24(12-18(25)26)19(27)17-5-4-13(9-21-17)14-10-22-23-11-14/h1-5,8-11H,6-7,12H2,(H,22,23). The average molecular weight is 365 g/mol. The van der Waals surface area contributed by atoms with Gasteiger partial charge in [0, 0.05) is 42.3 Å². The van der Waals surface area contributed by atoms with Gasteiger partial charge in [0.25, 0.3) is 5.91 Å². The molecule has 7 nitrogen and oxygen atoms in total. The summed E-state index contributed by atoms with van der Waals surface area (Å²) in [5.74, 6) is -0.961. The number of benzene rings is 1. The fourth-order valence-electron chi connectivity index (χ4n) is 3.03. The van der Waals surface area contributed by atoms with Gasteiger partial charge in [0.15, 0.2) is 0 Å². The van der Waals surface area contributed by atoms with Crippen molar-refractivity contribution in [1.29, 1.82) is 0 Å². The van der Waals surface area contributed by atoms with E-state index in [0.717, 1.165) is 11.1 Å². The SMILES string of the molecule is O=C(c1ccc(-c2cn[nH]c2)cn1)N1CCN(c2cccc(F)c2)C(=O)C1. The molecule has 1 aromatic carbocycles. The van der Waals surface area contributed by atoms with Crippen molar-refractivity contribution < 1.29 is 14.0 Å². The van der Waals surface area contributed by atoms with Crippen molar-refractivity contribution in [1.82, 2.24) is 20.1 Å². The molecular formula is C19H16FN5O2. The molecule has 4 rings (SSSR count). The van der Waals surface area contributed by atoms with Crippen LogP contribution in [0.2, 0.25) is 0 Å². The minimum atomic E-state index is -0.402. The predicted molar refractivity (Wildman–Crippen MR) is 96.5 cm³/mol. The Balaban J connectivity index is 1.45. The van der Waals surface area contributed by atoms with Gasteiger partial charge in [-0.1, -0.05) is 12.1 Å². The normalized spacial score (nSPS) is 14.5. The molecule has 3 heterocycles. The molecule has 1 N–H and O–H groups in total. The van der Waals surface area contributed by atoms with E-state index in [0.29, 0.717) is 18.8 Å². The highest BCUT2D eigenvalue weighted by molar-refractivity contribution is 6.01. The molecule has 0 atom stereocenters. The highest BCUT2D eigenvalue weighted by atomic mass is 19.1. The number of amides is 2. The first-order valence-electron chi connectivity index (χ1n) is 8.42. The molecule has 1 fully saturated rings. The quantitative estimate of drug-likeness (QED) is 0.771. The summed E-state index contributed by atoms with van der Waals surface area (Å²) >= 11 is 0. The van der Waals surface area contributed by atoms with Gasteiger partial charge in [0.2, 0.25) is 5.91 Å². The van der Waals surface area contributed by atoms with Crippen molar-refractivity contribution in [2.24, 2.45) is 0 Å². The number of anilines is 1. The minimum absolute atomic E-state index is 0.0689. The molecule has 1 aliphatic rings. The third-order valence-electron chi connectivity index (χ3n) is 4.44. The molecule has 2 aromatic heterocycles. The number of halogens is 1. The Morgan fingerprint density at radius 2 is 2.00 bits per heavy atom. The lowest BCUT2D eigenvalue weighted by atomic mass is 10.1. The molecule has 0 radical (unpaired) electrons. The van der Waals surface area contributed by atoms with Crippen LogP contribution in [0.5, 0.6) is 0 Å². The molecule has 0 saturated carbocycles. The summed E-state index contributed by atoms with van der Waals surface area (Å²) in [6.45, 7) is 0.591. The number of nitrogens with one attached hydrogen (secondary N) is 1. The Bertz CT molecular complexity index is 972. The highest BCUT2D eigenvalue weighted by Crippen LogP contribution is 2.20. The molecule has 0 unspecified atom stereocenters. The summed E-state index contributed by atoms with van der Waals surface area (Å²) in [5.41, 5.74) is 2.48. The zero-order valence-corrected chi connectivity index (χ0v) is 14.3. The van der Waals surface area contributed by atoms with Crippen molar-refractivity contribution in [2.45, 2.75) is 0 Å². The monoisotopic (exact) mass is 365 g/mol. The Morgan fingerprint density at radius 1 is 1.11 bits per heavy atom. The van der Waals surface area contributed by atoms with E-state index in [9.17, 15) is 14.0 Å². The number of hydrogen-bond donors (Lipinski definition) is 1. The van der Waals surface area contributed by atoms with Crippen molar-refractivity contribution in [2.75, 3.05) is 24.5 Å². The summed E-state index contributed by atoms with van der Waals surface area (Å²) in [6, 6.07) is 9.29. The second kappa shape index (κ2) is 6.99. The zero-order valence-electron chi connectivity index (χ0n) is 14.3. The Morgan fingerprint density at radius 3 is 2.67 bits per heavy atom. The van der Waals surface area contributed by atoms with Gasteiger partial charge < -0.3 is 9.80 Å². The number of aromatic amines is 1. The van der Waals surface area contributed by atoms with Crippen molar-refractivity contribution in [3.05, 3.63) is 66.5 Å². The third-order valence-corrected chi connectivity index (χ3v) is 4.44. The van der Waals surface area contributed by atoms with E-state index in [1.54, 1.807) is 42.9 Å². The Hall–Kier alpha value is -3.55. The first-order chi connectivity index (χ1) is 13.1. The van der Waals surface area contributed by atoms with Crippen LogP contribution in [0.4, 0.5) is 10.1 Å². The first-order valence-corrected chi connectivity index (χ1v) is 8.42. The number of aromatic nitrogens is 3. The van der Waals surface area contributed by atoms with Gasteiger partial charge in [-0.25, -0.2) is 4.39 Å². The van der Waals surface area contributed by atoms with Crippen LogP contribution in [0.15, 0.2) is 55.0 Å². The van der Waals surface area contributed by atoms with Gasteiger partial charge in [-0.3, -0.25) is 19.7 Å². The van der Waals surface area contributed by atoms with E-state index < -0.39 is 5.82 Å². The molecular weight excluding hydrogens is 349 g/mol. The number of hydrogen-bond acceptors (Lipinski definition) is 4. The van der Waals surface area contributed by atoms with Gasteiger partial charge in [0.05, 0.1) is 6.20 Å². The summed E-state index contributed by atoms with van der Waals surface area (Å²) < 4.78 is 13.4. The molecule has 136 valence electrons. The number of carbonyl (C=O) groups excluding carboxylic acids is 2. The van der Waals surface area contributed by atoms with Gasteiger partial charge in [-0.2, -0.15) is 5.10 Å². The number of H-pyrrole nitrogens is 1. The molecule has 3 aromatic rings. The van der Waals surface area contributed by atoms with Crippen LogP contribution in [0.3, 0.4) is 0 Å². The summed E-state index contributed by atoms with van der Waals surface area (Å²) in [7, 11) is 0. The lowest BCUT2D eigenvalue weighted by Gasteiger charge is -2.34. The molecule has 0 aliphatic carbocycles. The summed E-state index contributed by atoms with van der Waals surface area (Å²) in [5, 5.41) is 6.61. The van der Waals surface area contributed by atoms with Crippen LogP contribution in [-0.4, -0.2) is 51.5 Å². The maximum Gasteiger partial charge on any atom is 0.272 e. The van der Waals surface area contributed by atoms with Gasteiger partial charge >= 0.3 is 0 Å². The fraction of sp³-hybridized carbons (Fsp3) is 0.158. The second-order valence-corrected chi connectivity index (χ2v) is 6.17. The Labute approximate surface area is 154 Å². The molecule has 27 heavy (non-hydrogen) atoms. The van der Waals surface area contributed by atoms with E-state index >= 15 is 0 Å². The summed E-state index contributed by atoms with van der Waals surface area (Å²) in [4.78, 5) is 32.3. The number of nitrogens with zero attached hydrogens (tertiary/aromatic N) is 4. The second-order valence-electron chi connectivity index (χ2n) is 6.17. The van der Waals surface area contributed by atoms with Crippen molar-refractivity contribution >= 4 is 17.5 Å². The van der Waals surface area contributed by atoms with Gasteiger partial charge in [0.1, 0.15) is 18.1 Å².